The maximum absolute atomic E-state index is 13.1. The predicted octanol–water partition coefficient (Wildman–Crippen LogP) is 3.87. The summed E-state index contributed by atoms with van der Waals surface area (Å²) in [4.78, 5) is 26.0. The SMILES string of the molecule is COCO[C@@]1(C)CC[C@H]2C(=CCC3=C2C(=O)c2ccccc2C3=O)C1. The minimum Gasteiger partial charge on any atom is -0.359 e. The number of hydrogen-bond donors (Lipinski definition) is 0. The van der Waals surface area contributed by atoms with Crippen LogP contribution in [0.4, 0.5) is 0 Å². The zero-order chi connectivity index (χ0) is 17.6. The molecule has 1 aromatic rings. The van der Waals surface area contributed by atoms with E-state index in [0.717, 1.165) is 24.8 Å². The van der Waals surface area contributed by atoms with E-state index >= 15 is 0 Å². The molecule has 1 fully saturated rings. The molecule has 0 aromatic heterocycles. The van der Waals surface area contributed by atoms with Gasteiger partial charge < -0.3 is 9.47 Å². The van der Waals surface area contributed by atoms with Gasteiger partial charge in [0, 0.05) is 35.3 Å². The van der Waals surface area contributed by atoms with Crippen LogP contribution in [-0.2, 0) is 9.47 Å². The van der Waals surface area contributed by atoms with Gasteiger partial charge in [0.15, 0.2) is 11.6 Å². The molecule has 2 atom stereocenters. The Hall–Kier alpha value is -2.04. The fraction of sp³-hybridized carbons (Fsp3) is 0.429. The molecular formula is C21H22O4. The topological polar surface area (TPSA) is 52.6 Å². The van der Waals surface area contributed by atoms with Crippen molar-refractivity contribution in [2.45, 2.75) is 38.2 Å². The summed E-state index contributed by atoms with van der Waals surface area (Å²) in [5, 5.41) is 0. The first-order valence-electron chi connectivity index (χ1n) is 8.77. The lowest BCUT2D eigenvalue weighted by Gasteiger charge is -2.42. The third-order valence-corrected chi connectivity index (χ3v) is 5.69. The molecule has 4 heteroatoms. The Morgan fingerprint density at radius 2 is 1.88 bits per heavy atom. The van der Waals surface area contributed by atoms with Gasteiger partial charge in [-0.25, -0.2) is 0 Å². The Kier molecular flexibility index (Phi) is 3.97. The second-order valence-electron chi connectivity index (χ2n) is 7.35. The molecule has 0 unspecified atom stereocenters. The van der Waals surface area contributed by atoms with E-state index in [1.165, 1.54) is 5.57 Å². The van der Waals surface area contributed by atoms with Crippen LogP contribution in [0.15, 0.2) is 47.1 Å². The number of carbonyl (C=O) groups excluding carboxylic acids is 2. The maximum atomic E-state index is 13.1. The number of allylic oxidation sites excluding steroid dienone is 3. The largest absolute Gasteiger partial charge is 0.359 e. The number of rotatable bonds is 3. The van der Waals surface area contributed by atoms with Gasteiger partial charge in [0.1, 0.15) is 6.79 Å². The van der Waals surface area contributed by atoms with E-state index in [9.17, 15) is 9.59 Å². The van der Waals surface area contributed by atoms with E-state index in [1.54, 1.807) is 19.2 Å². The van der Waals surface area contributed by atoms with Gasteiger partial charge in [0.2, 0.25) is 0 Å². The minimum absolute atomic E-state index is 0.0180. The van der Waals surface area contributed by atoms with E-state index in [-0.39, 0.29) is 29.9 Å². The highest BCUT2D eigenvalue weighted by atomic mass is 16.7. The number of carbonyl (C=O) groups is 2. The molecule has 0 bridgehead atoms. The van der Waals surface area contributed by atoms with Crippen molar-refractivity contribution in [3.8, 4) is 0 Å². The lowest BCUT2D eigenvalue weighted by molar-refractivity contribution is -0.131. The molecular weight excluding hydrogens is 316 g/mol. The molecule has 0 heterocycles. The van der Waals surface area contributed by atoms with Crippen LogP contribution in [0.1, 0.15) is 53.3 Å². The molecule has 0 saturated heterocycles. The highest BCUT2D eigenvalue weighted by Crippen LogP contribution is 2.47. The molecule has 0 radical (unpaired) electrons. The summed E-state index contributed by atoms with van der Waals surface area (Å²) in [5.74, 6) is 0.0967. The van der Waals surface area contributed by atoms with Gasteiger partial charge in [0.05, 0.1) is 5.60 Å². The Morgan fingerprint density at radius 3 is 2.60 bits per heavy atom. The number of ketones is 2. The molecule has 3 aliphatic carbocycles. The summed E-state index contributed by atoms with van der Waals surface area (Å²) in [6, 6.07) is 7.17. The summed E-state index contributed by atoms with van der Waals surface area (Å²) in [6.07, 6.45) is 5.13. The first kappa shape index (κ1) is 16.4. The summed E-state index contributed by atoms with van der Waals surface area (Å²) >= 11 is 0. The zero-order valence-electron chi connectivity index (χ0n) is 14.6. The quantitative estimate of drug-likeness (QED) is 0.620. The average Bonchev–Trinajstić information content (AvgIpc) is 2.63. The lowest BCUT2D eigenvalue weighted by Crippen LogP contribution is -2.39. The maximum Gasteiger partial charge on any atom is 0.190 e. The van der Waals surface area contributed by atoms with E-state index in [2.05, 4.69) is 13.0 Å². The standard InChI is InChI=1S/C21H22O4/c1-21(25-12-24-2)10-9-14-13(11-21)7-8-17-18(14)20(23)16-6-4-3-5-15(16)19(17)22/h3-7,14H,8-12H2,1-2H3/t14-,21-/m0/s1. The normalized spacial score (nSPS) is 28.2. The first-order valence-corrected chi connectivity index (χ1v) is 8.77. The number of benzene rings is 1. The molecule has 0 spiro atoms. The number of Topliss-reactive ketones (excluding diaryl/α,β-unsaturated/α-hetero) is 2. The van der Waals surface area contributed by atoms with E-state index in [1.807, 2.05) is 12.1 Å². The van der Waals surface area contributed by atoms with Crippen molar-refractivity contribution >= 4 is 11.6 Å². The van der Waals surface area contributed by atoms with Gasteiger partial charge in [-0.2, -0.15) is 0 Å². The molecule has 4 nitrogen and oxygen atoms in total. The fourth-order valence-corrected chi connectivity index (χ4v) is 4.40. The van der Waals surface area contributed by atoms with Crippen molar-refractivity contribution in [3.63, 3.8) is 0 Å². The number of ether oxygens (including phenoxy) is 2. The fourth-order valence-electron chi connectivity index (χ4n) is 4.40. The highest BCUT2D eigenvalue weighted by Gasteiger charge is 2.43. The second-order valence-corrected chi connectivity index (χ2v) is 7.35. The van der Waals surface area contributed by atoms with Gasteiger partial charge in [-0.1, -0.05) is 35.9 Å². The van der Waals surface area contributed by atoms with E-state index in [4.69, 9.17) is 9.47 Å². The summed E-state index contributed by atoms with van der Waals surface area (Å²) in [7, 11) is 1.62. The summed E-state index contributed by atoms with van der Waals surface area (Å²) < 4.78 is 10.9. The number of fused-ring (bicyclic) bond motifs is 3. The van der Waals surface area contributed by atoms with Gasteiger partial charge in [-0.05, 0) is 32.6 Å². The first-order chi connectivity index (χ1) is 12.0. The van der Waals surface area contributed by atoms with Crippen LogP contribution in [0.5, 0.6) is 0 Å². The number of methoxy groups -OCH3 is 1. The molecule has 130 valence electrons. The molecule has 0 N–H and O–H groups in total. The third-order valence-electron chi connectivity index (χ3n) is 5.69. The zero-order valence-corrected chi connectivity index (χ0v) is 14.6. The molecule has 4 rings (SSSR count). The monoisotopic (exact) mass is 338 g/mol. The molecule has 1 aromatic carbocycles. The Morgan fingerprint density at radius 1 is 1.16 bits per heavy atom. The molecule has 0 aliphatic heterocycles. The van der Waals surface area contributed by atoms with Gasteiger partial charge in [-0.15, -0.1) is 0 Å². The smallest absolute Gasteiger partial charge is 0.190 e. The van der Waals surface area contributed by atoms with E-state index < -0.39 is 0 Å². The van der Waals surface area contributed by atoms with Gasteiger partial charge in [0.25, 0.3) is 0 Å². The van der Waals surface area contributed by atoms with Crippen molar-refractivity contribution < 1.29 is 19.1 Å². The van der Waals surface area contributed by atoms with Crippen LogP contribution in [0.25, 0.3) is 0 Å². The van der Waals surface area contributed by atoms with Crippen molar-refractivity contribution in [1.82, 2.24) is 0 Å². The molecule has 0 amide bonds. The second kappa shape index (κ2) is 6.04. The number of hydrogen-bond acceptors (Lipinski definition) is 4. The molecule has 3 aliphatic rings. The third kappa shape index (κ3) is 2.60. The van der Waals surface area contributed by atoms with Crippen LogP contribution in [0.3, 0.4) is 0 Å². The minimum atomic E-state index is -0.268. The van der Waals surface area contributed by atoms with Crippen molar-refractivity contribution in [1.29, 1.82) is 0 Å². The lowest BCUT2D eigenvalue weighted by atomic mass is 9.65. The Labute approximate surface area is 147 Å². The van der Waals surface area contributed by atoms with E-state index in [0.29, 0.717) is 23.1 Å². The van der Waals surface area contributed by atoms with Crippen molar-refractivity contribution in [3.05, 3.63) is 58.2 Å². The van der Waals surface area contributed by atoms with Crippen LogP contribution >= 0.6 is 0 Å². The molecule has 25 heavy (non-hydrogen) atoms. The average molecular weight is 338 g/mol. The Balaban J connectivity index is 1.67. The summed E-state index contributed by atoms with van der Waals surface area (Å²) in [6.45, 7) is 2.36. The van der Waals surface area contributed by atoms with Gasteiger partial charge in [-0.3, -0.25) is 9.59 Å². The van der Waals surface area contributed by atoms with Crippen molar-refractivity contribution in [2.75, 3.05) is 13.9 Å². The highest BCUT2D eigenvalue weighted by molar-refractivity contribution is 6.27. The van der Waals surface area contributed by atoms with Crippen molar-refractivity contribution in [2.24, 2.45) is 5.92 Å². The van der Waals surface area contributed by atoms with Gasteiger partial charge >= 0.3 is 0 Å². The van der Waals surface area contributed by atoms with Crippen LogP contribution in [-0.4, -0.2) is 31.1 Å². The van der Waals surface area contributed by atoms with Crippen LogP contribution in [0.2, 0.25) is 0 Å². The molecule has 1 saturated carbocycles. The van der Waals surface area contributed by atoms with Crippen LogP contribution < -0.4 is 0 Å². The van der Waals surface area contributed by atoms with Crippen LogP contribution in [0, 0.1) is 5.92 Å². The Bertz CT molecular complexity index is 817. The predicted molar refractivity (Wildman–Crippen MR) is 93.5 cm³/mol. The summed E-state index contributed by atoms with van der Waals surface area (Å²) in [5.41, 5.74) is 3.48.